The molecule has 0 saturated carbocycles. The fourth-order valence-corrected chi connectivity index (χ4v) is 2.22. The molecule has 1 unspecified atom stereocenters. The standard InChI is InChI=1S/C14H18BrN3/c1-4-13(16)11-5-7-12(8-6-11)18-10(3)14(15)9(2)17-18/h5-8,13H,4,16H2,1-3H3. The Bertz CT molecular complexity index is 543. The molecule has 3 nitrogen and oxygen atoms in total. The Kier molecular flexibility index (Phi) is 3.88. The van der Waals surface area contributed by atoms with Crippen molar-refractivity contribution >= 4 is 15.9 Å². The summed E-state index contributed by atoms with van der Waals surface area (Å²) in [4.78, 5) is 0. The van der Waals surface area contributed by atoms with Crippen molar-refractivity contribution < 1.29 is 0 Å². The molecule has 2 N–H and O–H groups in total. The van der Waals surface area contributed by atoms with Crippen LogP contribution in [0.15, 0.2) is 28.7 Å². The van der Waals surface area contributed by atoms with Crippen LogP contribution < -0.4 is 5.73 Å². The molecule has 0 spiro atoms. The van der Waals surface area contributed by atoms with Gasteiger partial charge in [0.25, 0.3) is 0 Å². The molecule has 0 fully saturated rings. The van der Waals surface area contributed by atoms with Crippen molar-refractivity contribution in [3.8, 4) is 5.69 Å². The lowest BCUT2D eigenvalue weighted by molar-refractivity contribution is 0.698. The Labute approximate surface area is 116 Å². The zero-order valence-corrected chi connectivity index (χ0v) is 12.5. The smallest absolute Gasteiger partial charge is 0.0743 e. The van der Waals surface area contributed by atoms with Gasteiger partial charge < -0.3 is 5.73 Å². The van der Waals surface area contributed by atoms with Gasteiger partial charge >= 0.3 is 0 Å². The first-order chi connectivity index (χ1) is 8.54. The van der Waals surface area contributed by atoms with Gasteiger partial charge in [-0.3, -0.25) is 0 Å². The van der Waals surface area contributed by atoms with Crippen LogP contribution in [0.4, 0.5) is 0 Å². The Balaban J connectivity index is 2.37. The molecule has 0 radical (unpaired) electrons. The van der Waals surface area contributed by atoms with Gasteiger partial charge in [-0.25, -0.2) is 4.68 Å². The van der Waals surface area contributed by atoms with E-state index in [-0.39, 0.29) is 6.04 Å². The summed E-state index contributed by atoms with van der Waals surface area (Å²) < 4.78 is 3.01. The van der Waals surface area contributed by atoms with Gasteiger partial charge in [-0.15, -0.1) is 0 Å². The molecule has 18 heavy (non-hydrogen) atoms. The zero-order chi connectivity index (χ0) is 13.3. The molecule has 1 heterocycles. The van der Waals surface area contributed by atoms with Gasteiger partial charge in [0.05, 0.1) is 21.5 Å². The lowest BCUT2D eigenvalue weighted by Crippen LogP contribution is -2.08. The Morgan fingerprint density at radius 2 is 1.89 bits per heavy atom. The van der Waals surface area contributed by atoms with Crippen molar-refractivity contribution in [2.75, 3.05) is 0 Å². The predicted octanol–water partition coefficient (Wildman–Crippen LogP) is 3.66. The first kappa shape index (κ1) is 13.3. The van der Waals surface area contributed by atoms with Gasteiger partial charge in [0.2, 0.25) is 0 Å². The van der Waals surface area contributed by atoms with Crippen molar-refractivity contribution in [3.05, 3.63) is 45.7 Å². The number of halogens is 1. The highest BCUT2D eigenvalue weighted by Gasteiger charge is 2.10. The minimum absolute atomic E-state index is 0.117. The molecule has 0 aliphatic carbocycles. The average Bonchev–Trinajstić information content (AvgIpc) is 2.66. The van der Waals surface area contributed by atoms with E-state index < -0.39 is 0 Å². The number of aryl methyl sites for hydroxylation is 1. The summed E-state index contributed by atoms with van der Waals surface area (Å²) in [5.74, 6) is 0. The molecule has 0 saturated heterocycles. The van der Waals surface area contributed by atoms with E-state index in [0.717, 1.165) is 28.0 Å². The predicted molar refractivity (Wildman–Crippen MR) is 78.0 cm³/mol. The van der Waals surface area contributed by atoms with Crippen molar-refractivity contribution in [2.24, 2.45) is 5.73 Å². The van der Waals surface area contributed by atoms with E-state index in [2.05, 4.69) is 59.1 Å². The summed E-state index contributed by atoms with van der Waals surface area (Å²) in [6.07, 6.45) is 0.949. The number of rotatable bonds is 3. The summed E-state index contributed by atoms with van der Waals surface area (Å²) in [6, 6.07) is 8.40. The molecular weight excluding hydrogens is 290 g/mol. The average molecular weight is 308 g/mol. The van der Waals surface area contributed by atoms with Gasteiger partial charge in [0.15, 0.2) is 0 Å². The number of hydrogen-bond acceptors (Lipinski definition) is 2. The topological polar surface area (TPSA) is 43.8 Å². The van der Waals surface area contributed by atoms with Crippen LogP contribution in [-0.2, 0) is 0 Å². The second-order valence-electron chi connectivity index (χ2n) is 4.50. The number of nitrogens with two attached hydrogens (primary N) is 1. The Morgan fingerprint density at radius 1 is 1.28 bits per heavy atom. The van der Waals surface area contributed by atoms with Gasteiger partial charge in [-0.2, -0.15) is 5.10 Å². The minimum Gasteiger partial charge on any atom is -0.324 e. The number of aromatic nitrogens is 2. The molecule has 96 valence electrons. The fourth-order valence-electron chi connectivity index (χ4n) is 1.97. The maximum atomic E-state index is 6.01. The first-order valence-corrected chi connectivity index (χ1v) is 6.91. The molecule has 4 heteroatoms. The SMILES string of the molecule is CCC(N)c1ccc(-n2nc(C)c(Br)c2C)cc1. The van der Waals surface area contributed by atoms with Gasteiger partial charge in [0, 0.05) is 6.04 Å². The van der Waals surface area contributed by atoms with Crippen molar-refractivity contribution in [1.29, 1.82) is 0 Å². The van der Waals surface area contributed by atoms with Crippen molar-refractivity contribution in [1.82, 2.24) is 9.78 Å². The van der Waals surface area contributed by atoms with Gasteiger partial charge in [0.1, 0.15) is 0 Å². The van der Waals surface area contributed by atoms with E-state index in [1.165, 1.54) is 5.56 Å². The maximum Gasteiger partial charge on any atom is 0.0743 e. The molecule has 0 amide bonds. The van der Waals surface area contributed by atoms with Crippen molar-refractivity contribution in [2.45, 2.75) is 33.2 Å². The number of benzene rings is 1. The highest BCUT2D eigenvalue weighted by Crippen LogP contribution is 2.23. The molecule has 0 aliphatic heterocycles. The number of hydrogen-bond donors (Lipinski definition) is 1. The third kappa shape index (κ3) is 2.35. The second kappa shape index (κ2) is 5.24. The van der Waals surface area contributed by atoms with E-state index in [1.54, 1.807) is 0 Å². The van der Waals surface area contributed by atoms with Crippen LogP contribution in [0.25, 0.3) is 5.69 Å². The molecule has 0 aliphatic rings. The quantitative estimate of drug-likeness (QED) is 0.940. The third-order valence-corrected chi connectivity index (χ3v) is 4.36. The van der Waals surface area contributed by atoms with Crippen LogP contribution in [0.3, 0.4) is 0 Å². The van der Waals surface area contributed by atoms with E-state index in [1.807, 2.05) is 11.6 Å². The normalized spacial score (nSPS) is 12.7. The molecule has 1 aromatic carbocycles. The fraction of sp³-hybridized carbons (Fsp3) is 0.357. The highest BCUT2D eigenvalue weighted by molar-refractivity contribution is 9.10. The van der Waals surface area contributed by atoms with Crippen molar-refractivity contribution in [3.63, 3.8) is 0 Å². The van der Waals surface area contributed by atoms with Gasteiger partial charge in [-0.05, 0) is 53.9 Å². The number of nitrogens with zero attached hydrogens (tertiary/aromatic N) is 2. The summed E-state index contributed by atoms with van der Waals surface area (Å²) in [7, 11) is 0. The van der Waals surface area contributed by atoms with Crippen LogP contribution >= 0.6 is 15.9 Å². The molecule has 1 atom stereocenters. The monoisotopic (exact) mass is 307 g/mol. The lowest BCUT2D eigenvalue weighted by atomic mass is 10.1. The zero-order valence-electron chi connectivity index (χ0n) is 10.9. The summed E-state index contributed by atoms with van der Waals surface area (Å²) in [6.45, 7) is 6.14. The summed E-state index contributed by atoms with van der Waals surface area (Å²) >= 11 is 3.54. The second-order valence-corrected chi connectivity index (χ2v) is 5.30. The van der Waals surface area contributed by atoms with E-state index >= 15 is 0 Å². The first-order valence-electron chi connectivity index (χ1n) is 6.12. The Hall–Kier alpha value is -1.13. The van der Waals surface area contributed by atoms with Gasteiger partial charge in [-0.1, -0.05) is 19.1 Å². The van der Waals surface area contributed by atoms with Crippen LogP contribution in [0.2, 0.25) is 0 Å². The van der Waals surface area contributed by atoms with Crippen LogP contribution in [0.1, 0.15) is 36.3 Å². The largest absolute Gasteiger partial charge is 0.324 e. The third-order valence-electron chi connectivity index (χ3n) is 3.21. The molecule has 2 aromatic rings. The lowest BCUT2D eigenvalue weighted by Gasteiger charge is -2.10. The molecule has 1 aromatic heterocycles. The maximum absolute atomic E-state index is 6.01. The van der Waals surface area contributed by atoms with E-state index in [9.17, 15) is 0 Å². The molecule has 2 rings (SSSR count). The van der Waals surface area contributed by atoms with E-state index in [4.69, 9.17) is 5.73 Å². The molecule has 0 bridgehead atoms. The highest BCUT2D eigenvalue weighted by atomic mass is 79.9. The minimum atomic E-state index is 0.117. The summed E-state index contributed by atoms with van der Waals surface area (Å²) in [5.41, 5.74) is 10.4. The van der Waals surface area contributed by atoms with Crippen LogP contribution in [-0.4, -0.2) is 9.78 Å². The Morgan fingerprint density at radius 3 is 2.33 bits per heavy atom. The summed E-state index contributed by atoms with van der Waals surface area (Å²) in [5, 5.41) is 4.51. The van der Waals surface area contributed by atoms with E-state index in [0.29, 0.717) is 0 Å². The van der Waals surface area contributed by atoms with Crippen LogP contribution in [0.5, 0.6) is 0 Å². The van der Waals surface area contributed by atoms with Crippen LogP contribution in [0, 0.1) is 13.8 Å². The molecular formula is C14H18BrN3.